The van der Waals surface area contributed by atoms with Gasteiger partial charge in [-0.05, 0) is 17.5 Å². The molecule has 1 aromatic carbocycles. The molecule has 0 aliphatic carbocycles. The van der Waals surface area contributed by atoms with Crippen molar-refractivity contribution < 1.29 is 9.47 Å². The lowest BCUT2D eigenvalue weighted by molar-refractivity contribution is 0.0288. The maximum atomic E-state index is 5.28. The molecule has 1 N–H and O–H groups in total. The minimum Gasteiger partial charge on any atom is -0.382 e. The largest absolute Gasteiger partial charge is 0.382 e. The van der Waals surface area contributed by atoms with Crippen LogP contribution in [-0.4, -0.2) is 33.5 Å². The van der Waals surface area contributed by atoms with Crippen LogP contribution < -0.4 is 5.32 Å². The first kappa shape index (κ1) is 14.2. The minimum atomic E-state index is 0.120. The Morgan fingerprint density at radius 3 is 2.29 bits per heavy atom. The highest BCUT2D eigenvalue weighted by molar-refractivity contribution is 5.22. The van der Waals surface area contributed by atoms with E-state index >= 15 is 0 Å². The van der Waals surface area contributed by atoms with E-state index in [-0.39, 0.29) is 6.10 Å². The van der Waals surface area contributed by atoms with Gasteiger partial charge in [0.25, 0.3) is 0 Å². The van der Waals surface area contributed by atoms with Gasteiger partial charge in [0.05, 0.1) is 12.7 Å². The second-order valence-electron chi connectivity index (χ2n) is 4.11. The van der Waals surface area contributed by atoms with Gasteiger partial charge in [0, 0.05) is 27.3 Å². The van der Waals surface area contributed by atoms with E-state index in [0.29, 0.717) is 6.61 Å². The summed E-state index contributed by atoms with van der Waals surface area (Å²) in [6.45, 7) is 4.47. The summed E-state index contributed by atoms with van der Waals surface area (Å²) in [7, 11) is 3.40. The summed E-state index contributed by atoms with van der Waals surface area (Å²) in [5, 5.41) is 3.37. The smallest absolute Gasteiger partial charge is 0.0928 e. The summed E-state index contributed by atoms with van der Waals surface area (Å²) in [5.74, 6) is 0. The zero-order valence-electron chi connectivity index (χ0n) is 11.0. The molecule has 3 nitrogen and oxygen atoms in total. The SMILES string of the molecule is CCc1ccc(CNCC(COC)OC)cc1. The average molecular weight is 237 g/mol. The molecule has 17 heavy (non-hydrogen) atoms. The van der Waals surface area contributed by atoms with Crippen LogP contribution in [0.5, 0.6) is 0 Å². The number of hydrogen-bond acceptors (Lipinski definition) is 3. The normalized spacial score (nSPS) is 12.6. The number of nitrogens with one attached hydrogen (secondary N) is 1. The number of benzene rings is 1. The third kappa shape index (κ3) is 5.31. The van der Waals surface area contributed by atoms with Crippen LogP contribution in [0.15, 0.2) is 24.3 Å². The number of methoxy groups -OCH3 is 2. The Morgan fingerprint density at radius 1 is 1.12 bits per heavy atom. The first-order chi connectivity index (χ1) is 8.30. The Bertz CT molecular complexity index is 298. The maximum Gasteiger partial charge on any atom is 0.0928 e. The molecule has 0 aromatic heterocycles. The Hall–Kier alpha value is -0.900. The maximum absolute atomic E-state index is 5.28. The molecular formula is C14H23NO2. The summed E-state index contributed by atoms with van der Waals surface area (Å²) >= 11 is 0. The van der Waals surface area contributed by atoms with Crippen molar-refractivity contribution >= 4 is 0 Å². The third-order valence-corrected chi connectivity index (χ3v) is 2.82. The topological polar surface area (TPSA) is 30.5 Å². The molecule has 0 aliphatic heterocycles. The zero-order chi connectivity index (χ0) is 12.5. The molecule has 0 heterocycles. The third-order valence-electron chi connectivity index (χ3n) is 2.82. The Labute approximate surface area is 104 Å². The summed E-state index contributed by atoms with van der Waals surface area (Å²) < 4.78 is 10.3. The molecule has 0 aliphatic rings. The fourth-order valence-corrected chi connectivity index (χ4v) is 1.67. The standard InChI is InChI=1S/C14H23NO2/c1-4-12-5-7-13(8-6-12)9-15-10-14(17-3)11-16-2/h5-8,14-15H,4,9-11H2,1-3H3. The van der Waals surface area contributed by atoms with Gasteiger partial charge >= 0.3 is 0 Å². The van der Waals surface area contributed by atoms with Gasteiger partial charge in [0.1, 0.15) is 0 Å². The van der Waals surface area contributed by atoms with E-state index in [9.17, 15) is 0 Å². The van der Waals surface area contributed by atoms with E-state index in [2.05, 4.69) is 36.5 Å². The highest BCUT2D eigenvalue weighted by Gasteiger charge is 2.05. The van der Waals surface area contributed by atoms with Gasteiger partial charge < -0.3 is 14.8 Å². The lowest BCUT2D eigenvalue weighted by Gasteiger charge is -2.15. The molecule has 0 saturated carbocycles. The minimum absolute atomic E-state index is 0.120. The molecule has 0 spiro atoms. The summed E-state index contributed by atoms with van der Waals surface area (Å²) in [6, 6.07) is 8.70. The second kappa shape index (κ2) is 8.23. The number of rotatable bonds is 8. The van der Waals surface area contributed by atoms with Crippen LogP contribution in [0, 0.1) is 0 Å². The fourth-order valence-electron chi connectivity index (χ4n) is 1.67. The monoisotopic (exact) mass is 237 g/mol. The molecular weight excluding hydrogens is 214 g/mol. The van der Waals surface area contributed by atoms with Crippen molar-refractivity contribution in [3.05, 3.63) is 35.4 Å². The molecule has 0 fully saturated rings. The predicted octanol–water partition coefficient (Wildman–Crippen LogP) is 2.00. The molecule has 3 heteroatoms. The summed E-state index contributed by atoms with van der Waals surface area (Å²) in [5.41, 5.74) is 2.68. The van der Waals surface area contributed by atoms with Crippen molar-refractivity contribution in [2.75, 3.05) is 27.4 Å². The van der Waals surface area contributed by atoms with E-state index in [4.69, 9.17) is 9.47 Å². The second-order valence-corrected chi connectivity index (χ2v) is 4.11. The number of ether oxygens (including phenoxy) is 2. The summed E-state index contributed by atoms with van der Waals surface area (Å²) in [4.78, 5) is 0. The van der Waals surface area contributed by atoms with Gasteiger partial charge in [0.15, 0.2) is 0 Å². The predicted molar refractivity (Wildman–Crippen MR) is 70.2 cm³/mol. The quantitative estimate of drug-likeness (QED) is 0.750. The van der Waals surface area contributed by atoms with Crippen molar-refractivity contribution in [2.45, 2.75) is 26.0 Å². The van der Waals surface area contributed by atoms with Crippen LogP contribution in [0.4, 0.5) is 0 Å². The molecule has 1 unspecified atom stereocenters. The van der Waals surface area contributed by atoms with Crippen molar-refractivity contribution in [1.82, 2.24) is 5.32 Å². The molecule has 1 aromatic rings. The van der Waals surface area contributed by atoms with Crippen LogP contribution >= 0.6 is 0 Å². The van der Waals surface area contributed by atoms with Gasteiger partial charge in [-0.2, -0.15) is 0 Å². The highest BCUT2D eigenvalue weighted by Crippen LogP contribution is 2.04. The number of aryl methyl sites for hydroxylation is 1. The summed E-state index contributed by atoms with van der Waals surface area (Å²) in [6.07, 6.45) is 1.21. The zero-order valence-corrected chi connectivity index (χ0v) is 11.0. The van der Waals surface area contributed by atoms with Gasteiger partial charge in [-0.1, -0.05) is 31.2 Å². The van der Waals surface area contributed by atoms with Gasteiger partial charge in [-0.25, -0.2) is 0 Å². The Morgan fingerprint density at radius 2 is 1.76 bits per heavy atom. The fraction of sp³-hybridized carbons (Fsp3) is 0.571. The lowest BCUT2D eigenvalue weighted by Crippen LogP contribution is -2.31. The average Bonchev–Trinajstić information content (AvgIpc) is 2.38. The number of hydrogen-bond donors (Lipinski definition) is 1. The van der Waals surface area contributed by atoms with Gasteiger partial charge in [-0.15, -0.1) is 0 Å². The van der Waals surface area contributed by atoms with E-state index in [1.54, 1.807) is 14.2 Å². The molecule has 0 bridgehead atoms. The van der Waals surface area contributed by atoms with Crippen LogP contribution in [0.1, 0.15) is 18.1 Å². The molecule has 1 rings (SSSR count). The van der Waals surface area contributed by atoms with E-state index in [0.717, 1.165) is 19.5 Å². The van der Waals surface area contributed by atoms with E-state index < -0.39 is 0 Å². The van der Waals surface area contributed by atoms with Crippen molar-refractivity contribution in [3.8, 4) is 0 Å². The van der Waals surface area contributed by atoms with Crippen molar-refractivity contribution in [1.29, 1.82) is 0 Å². The Kier molecular flexibility index (Phi) is 6.86. The van der Waals surface area contributed by atoms with E-state index in [1.165, 1.54) is 11.1 Å². The lowest BCUT2D eigenvalue weighted by atomic mass is 10.1. The van der Waals surface area contributed by atoms with Gasteiger partial charge in [0.2, 0.25) is 0 Å². The molecule has 0 amide bonds. The van der Waals surface area contributed by atoms with E-state index in [1.807, 2.05) is 0 Å². The van der Waals surface area contributed by atoms with Crippen LogP contribution in [0.25, 0.3) is 0 Å². The van der Waals surface area contributed by atoms with Crippen molar-refractivity contribution in [3.63, 3.8) is 0 Å². The molecule has 0 saturated heterocycles. The molecule has 0 radical (unpaired) electrons. The van der Waals surface area contributed by atoms with Crippen LogP contribution in [0.3, 0.4) is 0 Å². The molecule has 1 atom stereocenters. The van der Waals surface area contributed by atoms with Crippen LogP contribution in [0.2, 0.25) is 0 Å². The molecule has 96 valence electrons. The first-order valence-electron chi connectivity index (χ1n) is 6.10. The first-order valence-corrected chi connectivity index (χ1v) is 6.10. The van der Waals surface area contributed by atoms with Crippen LogP contribution in [-0.2, 0) is 22.4 Å². The van der Waals surface area contributed by atoms with Crippen molar-refractivity contribution in [2.24, 2.45) is 0 Å². The van der Waals surface area contributed by atoms with Gasteiger partial charge in [-0.3, -0.25) is 0 Å². The highest BCUT2D eigenvalue weighted by atomic mass is 16.5. The Balaban J connectivity index is 2.29.